The van der Waals surface area contributed by atoms with Crippen LogP contribution in [-0.4, -0.2) is 48.1 Å². The van der Waals surface area contributed by atoms with Crippen LogP contribution < -0.4 is 0 Å². The van der Waals surface area contributed by atoms with Crippen LogP contribution in [0.5, 0.6) is 0 Å². The molecule has 0 radical (unpaired) electrons. The van der Waals surface area contributed by atoms with Gasteiger partial charge in [0.1, 0.15) is 0 Å². The van der Waals surface area contributed by atoms with Crippen molar-refractivity contribution in [1.29, 1.82) is 0 Å². The van der Waals surface area contributed by atoms with E-state index in [1.807, 2.05) is 0 Å². The third-order valence-corrected chi connectivity index (χ3v) is 7.69. The van der Waals surface area contributed by atoms with Crippen molar-refractivity contribution in [3.8, 4) is 0 Å². The average molecular weight is 375 g/mol. The standard InChI is InChI=1S/C26H34N2/c1-2-9-24-13-18-27(17-12-23(24)8-1)19-20-28-16-6-5-14-26(28)15-11-22-7-3-4-10-25(22)21-26/h1-4,7-10H,5-6,11-21H2. The summed E-state index contributed by atoms with van der Waals surface area (Å²) in [5.41, 5.74) is 6.79. The van der Waals surface area contributed by atoms with Gasteiger partial charge < -0.3 is 4.90 Å². The summed E-state index contributed by atoms with van der Waals surface area (Å²) in [5, 5.41) is 0. The van der Waals surface area contributed by atoms with Crippen molar-refractivity contribution in [3.05, 3.63) is 70.8 Å². The van der Waals surface area contributed by atoms with Gasteiger partial charge in [-0.1, -0.05) is 55.0 Å². The first-order valence-corrected chi connectivity index (χ1v) is 11.4. The number of nitrogens with zero attached hydrogens (tertiary/aromatic N) is 2. The van der Waals surface area contributed by atoms with Crippen LogP contribution in [-0.2, 0) is 25.7 Å². The normalized spacial score (nSPS) is 25.9. The minimum atomic E-state index is 0.432. The predicted octanol–water partition coefficient (Wildman–Crippen LogP) is 4.50. The molecule has 5 rings (SSSR count). The number of hydrogen-bond donors (Lipinski definition) is 0. The van der Waals surface area contributed by atoms with Gasteiger partial charge in [0.05, 0.1) is 0 Å². The van der Waals surface area contributed by atoms with E-state index in [1.165, 1.54) is 84.1 Å². The lowest BCUT2D eigenvalue weighted by molar-refractivity contribution is 0.0260. The Hall–Kier alpha value is -1.64. The van der Waals surface area contributed by atoms with Gasteiger partial charge in [-0.25, -0.2) is 0 Å². The second-order valence-corrected chi connectivity index (χ2v) is 9.22. The molecule has 0 N–H and O–H groups in total. The van der Waals surface area contributed by atoms with Gasteiger partial charge in [0.15, 0.2) is 0 Å². The third kappa shape index (κ3) is 3.65. The second-order valence-electron chi connectivity index (χ2n) is 9.22. The van der Waals surface area contributed by atoms with E-state index in [2.05, 4.69) is 58.3 Å². The first-order valence-electron chi connectivity index (χ1n) is 11.4. The molecule has 28 heavy (non-hydrogen) atoms. The van der Waals surface area contributed by atoms with Gasteiger partial charge in [-0.05, 0) is 73.7 Å². The summed E-state index contributed by atoms with van der Waals surface area (Å²) >= 11 is 0. The minimum absolute atomic E-state index is 0.432. The molecule has 1 atom stereocenters. The van der Waals surface area contributed by atoms with Crippen molar-refractivity contribution < 1.29 is 0 Å². The van der Waals surface area contributed by atoms with Gasteiger partial charge in [-0.15, -0.1) is 0 Å². The number of likely N-dealkylation sites (tertiary alicyclic amines) is 1. The van der Waals surface area contributed by atoms with E-state index in [0.29, 0.717) is 5.54 Å². The largest absolute Gasteiger partial charge is 0.301 e. The first-order chi connectivity index (χ1) is 13.8. The van der Waals surface area contributed by atoms with Gasteiger partial charge in [0, 0.05) is 31.7 Å². The maximum Gasteiger partial charge on any atom is 0.0253 e. The summed E-state index contributed by atoms with van der Waals surface area (Å²) in [6, 6.07) is 18.3. The smallest absolute Gasteiger partial charge is 0.0253 e. The van der Waals surface area contributed by atoms with Gasteiger partial charge in [-0.2, -0.15) is 0 Å². The molecule has 1 aliphatic carbocycles. The van der Waals surface area contributed by atoms with Crippen LogP contribution in [0.3, 0.4) is 0 Å². The molecule has 0 saturated carbocycles. The van der Waals surface area contributed by atoms with Gasteiger partial charge in [0.25, 0.3) is 0 Å². The number of aryl methyl sites for hydroxylation is 1. The maximum atomic E-state index is 2.89. The van der Waals surface area contributed by atoms with E-state index < -0.39 is 0 Å². The Morgan fingerprint density at radius 2 is 1.29 bits per heavy atom. The van der Waals surface area contributed by atoms with Gasteiger partial charge in [-0.3, -0.25) is 4.90 Å². The molecule has 2 heterocycles. The van der Waals surface area contributed by atoms with Crippen LogP contribution in [0.4, 0.5) is 0 Å². The molecule has 0 aromatic heterocycles. The summed E-state index contributed by atoms with van der Waals surface area (Å²) in [6.45, 7) is 6.23. The fourth-order valence-corrected chi connectivity index (χ4v) is 5.97. The zero-order valence-corrected chi connectivity index (χ0v) is 17.2. The molecule has 2 nitrogen and oxygen atoms in total. The Morgan fingerprint density at radius 1 is 0.643 bits per heavy atom. The Bertz CT molecular complexity index is 787. The molecule has 2 aromatic carbocycles. The lowest BCUT2D eigenvalue weighted by Gasteiger charge is -2.50. The third-order valence-electron chi connectivity index (χ3n) is 7.69. The lowest BCUT2D eigenvalue weighted by Crippen LogP contribution is -2.56. The Labute approximate surface area is 170 Å². The molecular formula is C26H34N2. The van der Waals surface area contributed by atoms with Crippen LogP contribution in [0.25, 0.3) is 0 Å². The number of hydrogen-bond acceptors (Lipinski definition) is 2. The van der Waals surface area contributed by atoms with Crippen molar-refractivity contribution >= 4 is 0 Å². The number of benzene rings is 2. The van der Waals surface area contributed by atoms with Crippen LogP contribution >= 0.6 is 0 Å². The summed E-state index contributed by atoms with van der Waals surface area (Å²) in [6.07, 6.45) is 10.5. The summed E-state index contributed by atoms with van der Waals surface area (Å²) in [5.74, 6) is 0. The molecule has 0 bridgehead atoms. The molecule has 1 fully saturated rings. The lowest BCUT2D eigenvalue weighted by atomic mass is 9.72. The van der Waals surface area contributed by atoms with E-state index in [1.54, 1.807) is 22.3 Å². The number of piperidine rings is 1. The fraction of sp³-hybridized carbons (Fsp3) is 0.538. The number of fused-ring (bicyclic) bond motifs is 2. The van der Waals surface area contributed by atoms with Crippen LogP contribution in [0, 0.1) is 0 Å². The SMILES string of the molecule is c1ccc2c(c1)CCN(CCN1CCCCC13CCc1ccccc1C3)CC2. The molecular weight excluding hydrogens is 340 g/mol. The monoisotopic (exact) mass is 374 g/mol. The fourth-order valence-electron chi connectivity index (χ4n) is 5.97. The van der Waals surface area contributed by atoms with Crippen molar-refractivity contribution in [2.75, 3.05) is 32.7 Å². The quantitative estimate of drug-likeness (QED) is 0.780. The minimum Gasteiger partial charge on any atom is -0.301 e. The van der Waals surface area contributed by atoms with Crippen LogP contribution in [0.15, 0.2) is 48.5 Å². The highest BCUT2D eigenvalue weighted by atomic mass is 15.2. The van der Waals surface area contributed by atoms with E-state index in [0.717, 1.165) is 0 Å². The van der Waals surface area contributed by atoms with Crippen molar-refractivity contribution in [2.24, 2.45) is 0 Å². The molecule has 2 aromatic rings. The van der Waals surface area contributed by atoms with E-state index >= 15 is 0 Å². The molecule has 2 heteroatoms. The number of rotatable bonds is 3. The zero-order valence-electron chi connectivity index (χ0n) is 17.2. The predicted molar refractivity (Wildman–Crippen MR) is 117 cm³/mol. The molecule has 1 spiro atoms. The molecule has 1 saturated heterocycles. The van der Waals surface area contributed by atoms with E-state index in [9.17, 15) is 0 Å². The first kappa shape index (κ1) is 18.4. The Morgan fingerprint density at radius 3 is 2.00 bits per heavy atom. The topological polar surface area (TPSA) is 6.48 Å². The summed E-state index contributed by atoms with van der Waals surface area (Å²) in [7, 11) is 0. The second kappa shape index (κ2) is 8.00. The Kier molecular flexibility index (Phi) is 5.26. The molecule has 2 aliphatic heterocycles. The summed E-state index contributed by atoms with van der Waals surface area (Å²) < 4.78 is 0. The molecule has 148 valence electrons. The highest BCUT2D eigenvalue weighted by Gasteiger charge is 2.40. The van der Waals surface area contributed by atoms with Gasteiger partial charge in [0.2, 0.25) is 0 Å². The van der Waals surface area contributed by atoms with Gasteiger partial charge >= 0.3 is 0 Å². The van der Waals surface area contributed by atoms with Crippen LogP contribution in [0.1, 0.15) is 47.9 Å². The van der Waals surface area contributed by atoms with E-state index in [4.69, 9.17) is 0 Å². The van der Waals surface area contributed by atoms with Crippen molar-refractivity contribution in [1.82, 2.24) is 9.80 Å². The highest BCUT2D eigenvalue weighted by molar-refractivity contribution is 5.32. The van der Waals surface area contributed by atoms with Crippen molar-refractivity contribution in [3.63, 3.8) is 0 Å². The highest BCUT2D eigenvalue weighted by Crippen LogP contribution is 2.39. The van der Waals surface area contributed by atoms with Crippen LogP contribution in [0.2, 0.25) is 0 Å². The summed E-state index contributed by atoms with van der Waals surface area (Å²) in [4.78, 5) is 5.61. The molecule has 3 aliphatic rings. The van der Waals surface area contributed by atoms with Crippen molar-refractivity contribution in [2.45, 2.75) is 56.9 Å². The zero-order chi connectivity index (χ0) is 18.8. The molecule has 0 amide bonds. The average Bonchev–Trinajstić information content (AvgIpc) is 2.96. The van der Waals surface area contributed by atoms with E-state index in [-0.39, 0.29) is 0 Å². The maximum absolute atomic E-state index is 2.89. The Balaban J connectivity index is 1.25. The molecule has 1 unspecified atom stereocenters.